The number of rotatable bonds is 5. The maximum Gasteiger partial charge on any atom is 0.0805 e. The van der Waals surface area contributed by atoms with Crippen molar-refractivity contribution < 1.29 is 9.84 Å². The van der Waals surface area contributed by atoms with Gasteiger partial charge in [-0.1, -0.05) is 24.3 Å². The molecule has 1 atom stereocenters. The SMILES string of the molecule is COCc1ccccc1C(O)CCN. The average molecular weight is 195 g/mol. The lowest BCUT2D eigenvalue weighted by atomic mass is 10.0. The number of hydrogen-bond donors (Lipinski definition) is 2. The molecule has 0 radical (unpaired) electrons. The quantitative estimate of drug-likeness (QED) is 0.742. The molecule has 78 valence electrons. The van der Waals surface area contributed by atoms with Crippen molar-refractivity contribution in [2.24, 2.45) is 5.73 Å². The Morgan fingerprint density at radius 3 is 2.79 bits per heavy atom. The molecule has 0 heterocycles. The van der Waals surface area contributed by atoms with Gasteiger partial charge in [0, 0.05) is 7.11 Å². The number of methoxy groups -OCH3 is 1. The van der Waals surface area contributed by atoms with Gasteiger partial charge in [-0.2, -0.15) is 0 Å². The van der Waals surface area contributed by atoms with Crippen LogP contribution in [0.2, 0.25) is 0 Å². The van der Waals surface area contributed by atoms with Gasteiger partial charge in [0.15, 0.2) is 0 Å². The summed E-state index contributed by atoms with van der Waals surface area (Å²) in [7, 11) is 1.64. The zero-order chi connectivity index (χ0) is 10.4. The third-order valence-electron chi connectivity index (χ3n) is 2.15. The average Bonchev–Trinajstić information content (AvgIpc) is 2.19. The molecule has 3 nitrogen and oxygen atoms in total. The number of aliphatic hydroxyl groups is 1. The molecule has 3 N–H and O–H groups in total. The molecule has 1 aromatic carbocycles. The largest absolute Gasteiger partial charge is 0.388 e. The Kier molecular flexibility index (Phi) is 4.59. The van der Waals surface area contributed by atoms with Gasteiger partial charge in [0.05, 0.1) is 12.7 Å². The molecule has 0 amide bonds. The number of benzene rings is 1. The first-order valence-electron chi connectivity index (χ1n) is 4.74. The second-order valence-electron chi connectivity index (χ2n) is 3.22. The zero-order valence-electron chi connectivity index (χ0n) is 8.44. The smallest absolute Gasteiger partial charge is 0.0805 e. The second kappa shape index (κ2) is 5.75. The molecule has 1 unspecified atom stereocenters. The highest BCUT2D eigenvalue weighted by Gasteiger charge is 2.10. The van der Waals surface area contributed by atoms with Gasteiger partial charge in [-0.05, 0) is 24.1 Å². The second-order valence-corrected chi connectivity index (χ2v) is 3.22. The summed E-state index contributed by atoms with van der Waals surface area (Å²) in [5.74, 6) is 0. The fraction of sp³-hybridized carbons (Fsp3) is 0.455. The minimum Gasteiger partial charge on any atom is -0.388 e. The molecular weight excluding hydrogens is 178 g/mol. The summed E-state index contributed by atoms with van der Waals surface area (Å²) in [5.41, 5.74) is 7.34. The van der Waals surface area contributed by atoms with Crippen molar-refractivity contribution >= 4 is 0 Å². The van der Waals surface area contributed by atoms with E-state index in [1.807, 2.05) is 24.3 Å². The van der Waals surface area contributed by atoms with Crippen LogP contribution in [0.4, 0.5) is 0 Å². The summed E-state index contributed by atoms with van der Waals surface area (Å²) in [6.45, 7) is 1.01. The minimum atomic E-state index is -0.480. The maximum atomic E-state index is 9.79. The number of hydrogen-bond acceptors (Lipinski definition) is 3. The molecule has 0 aromatic heterocycles. The van der Waals surface area contributed by atoms with E-state index in [0.29, 0.717) is 19.6 Å². The minimum absolute atomic E-state index is 0.480. The van der Waals surface area contributed by atoms with E-state index < -0.39 is 6.10 Å². The lowest BCUT2D eigenvalue weighted by Gasteiger charge is -2.14. The van der Waals surface area contributed by atoms with Crippen LogP contribution in [0, 0.1) is 0 Å². The van der Waals surface area contributed by atoms with E-state index in [-0.39, 0.29) is 0 Å². The van der Waals surface area contributed by atoms with Crippen LogP contribution in [0.25, 0.3) is 0 Å². The Morgan fingerprint density at radius 2 is 2.14 bits per heavy atom. The summed E-state index contributed by atoms with van der Waals surface area (Å²) in [4.78, 5) is 0. The van der Waals surface area contributed by atoms with Gasteiger partial charge in [0.1, 0.15) is 0 Å². The van der Waals surface area contributed by atoms with E-state index >= 15 is 0 Å². The van der Waals surface area contributed by atoms with Gasteiger partial charge in [0.25, 0.3) is 0 Å². The van der Waals surface area contributed by atoms with Crippen LogP contribution in [0.1, 0.15) is 23.7 Å². The van der Waals surface area contributed by atoms with Crippen LogP contribution in [-0.2, 0) is 11.3 Å². The lowest BCUT2D eigenvalue weighted by molar-refractivity contribution is 0.156. The maximum absolute atomic E-state index is 9.79. The third-order valence-corrected chi connectivity index (χ3v) is 2.15. The molecule has 0 aliphatic rings. The molecule has 0 bridgehead atoms. The molecule has 1 rings (SSSR count). The normalized spacial score (nSPS) is 12.8. The fourth-order valence-corrected chi connectivity index (χ4v) is 1.46. The standard InChI is InChI=1S/C11H17NO2/c1-14-8-9-4-2-3-5-10(9)11(13)6-7-12/h2-5,11,13H,6-8,12H2,1H3. The van der Waals surface area contributed by atoms with E-state index in [1.54, 1.807) is 7.11 Å². The van der Waals surface area contributed by atoms with Crippen LogP contribution >= 0.6 is 0 Å². The van der Waals surface area contributed by atoms with Crippen LogP contribution in [0.15, 0.2) is 24.3 Å². The summed E-state index contributed by atoms with van der Waals surface area (Å²) in [6, 6.07) is 7.72. The molecule has 0 saturated heterocycles. The Balaban J connectivity index is 2.82. The number of ether oxygens (including phenoxy) is 1. The summed E-state index contributed by atoms with van der Waals surface area (Å²) in [6.07, 6.45) is 0.104. The predicted molar refractivity (Wildman–Crippen MR) is 55.8 cm³/mol. The third kappa shape index (κ3) is 2.80. The first-order valence-corrected chi connectivity index (χ1v) is 4.74. The van der Waals surface area contributed by atoms with Gasteiger partial charge in [-0.15, -0.1) is 0 Å². The van der Waals surface area contributed by atoms with Crippen LogP contribution < -0.4 is 5.73 Å². The topological polar surface area (TPSA) is 55.5 Å². The zero-order valence-corrected chi connectivity index (χ0v) is 8.44. The Bertz CT molecular complexity index is 276. The summed E-state index contributed by atoms with van der Waals surface area (Å²) < 4.78 is 5.05. The molecule has 0 saturated carbocycles. The Labute approximate surface area is 84.5 Å². The van der Waals surface area contributed by atoms with Crippen molar-refractivity contribution in [2.75, 3.05) is 13.7 Å². The highest BCUT2D eigenvalue weighted by Crippen LogP contribution is 2.20. The lowest BCUT2D eigenvalue weighted by Crippen LogP contribution is -2.09. The molecule has 3 heteroatoms. The Hall–Kier alpha value is -0.900. The van der Waals surface area contributed by atoms with Crippen LogP contribution in [0.3, 0.4) is 0 Å². The molecule has 1 aromatic rings. The van der Waals surface area contributed by atoms with Gasteiger partial charge in [-0.25, -0.2) is 0 Å². The summed E-state index contributed by atoms with van der Waals surface area (Å²) in [5, 5.41) is 9.79. The van der Waals surface area contributed by atoms with Crippen molar-refractivity contribution in [1.29, 1.82) is 0 Å². The van der Waals surface area contributed by atoms with E-state index in [0.717, 1.165) is 11.1 Å². The van der Waals surface area contributed by atoms with E-state index in [4.69, 9.17) is 10.5 Å². The van der Waals surface area contributed by atoms with Gasteiger partial charge in [0.2, 0.25) is 0 Å². The summed E-state index contributed by atoms with van der Waals surface area (Å²) >= 11 is 0. The highest BCUT2D eigenvalue weighted by atomic mass is 16.5. The van der Waals surface area contributed by atoms with Gasteiger partial charge in [-0.3, -0.25) is 0 Å². The van der Waals surface area contributed by atoms with Crippen LogP contribution in [0.5, 0.6) is 0 Å². The molecule has 0 aliphatic carbocycles. The van der Waals surface area contributed by atoms with Gasteiger partial charge >= 0.3 is 0 Å². The van der Waals surface area contributed by atoms with Crippen molar-refractivity contribution in [3.8, 4) is 0 Å². The van der Waals surface area contributed by atoms with Crippen LogP contribution in [-0.4, -0.2) is 18.8 Å². The molecule has 0 aliphatic heterocycles. The highest BCUT2D eigenvalue weighted by molar-refractivity contribution is 5.28. The van der Waals surface area contributed by atoms with Crippen molar-refractivity contribution in [1.82, 2.24) is 0 Å². The molecular formula is C11H17NO2. The van der Waals surface area contributed by atoms with Crippen molar-refractivity contribution in [3.63, 3.8) is 0 Å². The molecule has 0 fully saturated rings. The Morgan fingerprint density at radius 1 is 1.43 bits per heavy atom. The molecule has 0 spiro atoms. The number of aliphatic hydroxyl groups excluding tert-OH is 1. The molecule has 14 heavy (non-hydrogen) atoms. The first kappa shape index (κ1) is 11.2. The predicted octanol–water partition coefficient (Wildman–Crippen LogP) is 1.22. The first-order chi connectivity index (χ1) is 6.79. The van der Waals surface area contributed by atoms with E-state index in [2.05, 4.69) is 0 Å². The van der Waals surface area contributed by atoms with Gasteiger partial charge < -0.3 is 15.6 Å². The van der Waals surface area contributed by atoms with E-state index in [9.17, 15) is 5.11 Å². The number of nitrogens with two attached hydrogens (primary N) is 1. The van der Waals surface area contributed by atoms with Crippen molar-refractivity contribution in [3.05, 3.63) is 35.4 Å². The monoisotopic (exact) mass is 195 g/mol. The van der Waals surface area contributed by atoms with E-state index in [1.165, 1.54) is 0 Å². The fourth-order valence-electron chi connectivity index (χ4n) is 1.46. The van der Waals surface area contributed by atoms with Crippen molar-refractivity contribution in [2.45, 2.75) is 19.1 Å².